The smallest absolute Gasteiger partial charge is 0.325 e. The standard InChI is InChI=1S/C24H23N3O4/c1-24(19-12-7-10-16-8-3-5-11-18(16)19)22(29)27(23(30)26-24)15-21(28)25-14-17-9-4-6-13-20(17)31-2/h3-13H,14-15H2,1-2H3,(H,25,28)(H,26,30). The van der Waals surface area contributed by atoms with Crippen molar-refractivity contribution in [2.75, 3.05) is 13.7 Å². The second-order valence-electron chi connectivity index (χ2n) is 7.56. The van der Waals surface area contributed by atoms with Gasteiger partial charge in [0.05, 0.1) is 7.11 Å². The highest BCUT2D eigenvalue weighted by Gasteiger charge is 2.50. The lowest BCUT2D eigenvalue weighted by atomic mass is 9.88. The van der Waals surface area contributed by atoms with Crippen LogP contribution in [0.3, 0.4) is 0 Å². The predicted octanol–water partition coefficient (Wildman–Crippen LogP) is 2.93. The molecule has 1 saturated heterocycles. The lowest BCUT2D eigenvalue weighted by Crippen LogP contribution is -2.43. The van der Waals surface area contributed by atoms with E-state index in [0.717, 1.165) is 21.2 Å². The molecule has 0 spiro atoms. The Labute approximate surface area is 180 Å². The number of ether oxygens (including phenoxy) is 1. The zero-order valence-corrected chi connectivity index (χ0v) is 17.3. The fourth-order valence-electron chi connectivity index (χ4n) is 3.93. The number of carbonyl (C=O) groups excluding carboxylic acids is 3. The first-order valence-corrected chi connectivity index (χ1v) is 9.95. The molecule has 3 aromatic carbocycles. The van der Waals surface area contributed by atoms with E-state index in [4.69, 9.17) is 4.74 Å². The molecule has 4 rings (SSSR count). The van der Waals surface area contributed by atoms with Gasteiger partial charge in [-0.2, -0.15) is 0 Å². The van der Waals surface area contributed by atoms with Crippen molar-refractivity contribution in [3.8, 4) is 5.75 Å². The van der Waals surface area contributed by atoms with Gasteiger partial charge in [-0.05, 0) is 29.3 Å². The Kier molecular flexibility index (Phi) is 5.33. The average Bonchev–Trinajstić information content (AvgIpc) is 3.01. The number of fused-ring (bicyclic) bond motifs is 1. The minimum Gasteiger partial charge on any atom is -0.496 e. The van der Waals surface area contributed by atoms with Gasteiger partial charge < -0.3 is 15.4 Å². The lowest BCUT2D eigenvalue weighted by molar-refractivity contribution is -0.134. The van der Waals surface area contributed by atoms with Gasteiger partial charge in [0.15, 0.2) is 0 Å². The van der Waals surface area contributed by atoms with E-state index < -0.39 is 23.4 Å². The van der Waals surface area contributed by atoms with Crippen molar-refractivity contribution in [2.45, 2.75) is 19.0 Å². The maximum absolute atomic E-state index is 13.2. The fourth-order valence-corrected chi connectivity index (χ4v) is 3.93. The summed E-state index contributed by atoms with van der Waals surface area (Å²) in [5.74, 6) is -0.237. The van der Waals surface area contributed by atoms with Gasteiger partial charge in [0, 0.05) is 12.1 Å². The third-order valence-electron chi connectivity index (χ3n) is 5.57. The van der Waals surface area contributed by atoms with Gasteiger partial charge >= 0.3 is 6.03 Å². The number of nitrogens with zero attached hydrogens (tertiary/aromatic N) is 1. The predicted molar refractivity (Wildman–Crippen MR) is 116 cm³/mol. The quantitative estimate of drug-likeness (QED) is 0.604. The normalized spacial score (nSPS) is 18.2. The molecule has 3 aromatic rings. The lowest BCUT2D eigenvalue weighted by Gasteiger charge is -2.24. The summed E-state index contributed by atoms with van der Waals surface area (Å²) < 4.78 is 5.28. The Hall–Kier alpha value is -3.87. The van der Waals surface area contributed by atoms with Crippen molar-refractivity contribution < 1.29 is 19.1 Å². The molecule has 0 radical (unpaired) electrons. The van der Waals surface area contributed by atoms with E-state index in [-0.39, 0.29) is 13.1 Å². The van der Waals surface area contributed by atoms with Crippen LogP contribution in [-0.4, -0.2) is 36.4 Å². The number of hydrogen-bond donors (Lipinski definition) is 2. The molecule has 1 fully saturated rings. The third-order valence-corrected chi connectivity index (χ3v) is 5.57. The molecular formula is C24H23N3O4. The molecule has 4 amide bonds. The molecule has 31 heavy (non-hydrogen) atoms. The van der Waals surface area contributed by atoms with Crippen LogP contribution in [-0.2, 0) is 21.7 Å². The summed E-state index contributed by atoms with van der Waals surface area (Å²) in [4.78, 5) is 39.3. The SMILES string of the molecule is COc1ccccc1CNC(=O)CN1C(=O)NC(C)(c2cccc3ccccc23)C1=O. The highest BCUT2D eigenvalue weighted by atomic mass is 16.5. The first kappa shape index (κ1) is 20.4. The Morgan fingerprint density at radius 3 is 2.55 bits per heavy atom. The van der Waals surface area contributed by atoms with Crippen molar-refractivity contribution in [1.82, 2.24) is 15.5 Å². The van der Waals surface area contributed by atoms with Gasteiger partial charge in [0.1, 0.15) is 17.8 Å². The second-order valence-corrected chi connectivity index (χ2v) is 7.56. The monoisotopic (exact) mass is 417 g/mol. The van der Waals surface area contributed by atoms with Gasteiger partial charge in [0.25, 0.3) is 5.91 Å². The van der Waals surface area contributed by atoms with E-state index in [9.17, 15) is 14.4 Å². The van der Waals surface area contributed by atoms with Gasteiger partial charge in [-0.25, -0.2) is 4.79 Å². The number of benzene rings is 3. The molecule has 2 N–H and O–H groups in total. The highest BCUT2D eigenvalue weighted by Crippen LogP contribution is 2.33. The van der Waals surface area contributed by atoms with Crippen LogP contribution >= 0.6 is 0 Å². The number of methoxy groups -OCH3 is 1. The molecule has 158 valence electrons. The number of carbonyl (C=O) groups is 3. The van der Waals surface area contributed by atoms with Crippen LogP contribution in [0.15, 0.2) is 66.7 Å². The zero-order chi connectivity index (χ0) is 22.0. The van der Waals surface area contributed by atoms with Crippen LogP contribution in [0.25, 0.3) is 10.8 Å². The third kappa shape index (κ3) is 3.70. The van der Waals surface area contributed by atoms with E-state index in [1.54, 1.807) is 20.1 Å². The van der Waals surface area contributed by atoms with E-state index in [2.05, 4.69) is 10.6 Å². The molecule has 0 aromatic heterocycles. The first-order chi connectivity index (χ1) is 14.9. The van der Waals surface area contributed by atoms with E-state index >= 15 is 0 Å². The molecule has 0 bridgehead atoms. The first-order valence-electron chi connectivity index (χ1n) is 9.95. The summed E-state index contributed by atoms with van der Waals surface area (Å²) in [5, 5.41) is 7.37. The summed E-state index contributed by atoms with van der Waals surface area (Å²) in [6, 6.07) is 20.0. The molecule has 1 unspecified atom stereocenters. The molecule has 0 saturated carbocycles. The topological polar surface area (TPSA) is 87.7 Å². The van der Waals surface area contributed by atoms with Crippen LogP contribution in [0.5, 0.6) is 5.75 Å². The molecule has 1 atom stereocenters. The summed E-state index contributed by atoms with van der Waals surface area (Å²) in [5.41, 5.74) is 0.248. The van der Waals surface area contributed by atoms with Gasteiger partial charge in [-0.15, -0.1) is 0 Å². The van der Waals surface area contributed by atoms with Crippen LogP contribution in [0, 0.1) is 0 Å². The van der Waals surface area contributed by atoms with Crippen molar-refractivity contribution in [3.05, 3.63) is 77.9 Å². The zero-order valence-electron chi connectivity index (χ0n) is 17.3. The maximum atomic E-state index is 13.2. The molecule has 7 heteroatoms. The van der Waals surface area contributed by atoms with Crippen molar-refractivity contribution in [3.63, 3.8) is 0 Å². The molecule has 0 aliphatic carbocycles. The Morgan fingerprint density at radius 2 is 1.74 bits per heavy atom. The van der Waals surface area contributed by atoms with Crippen LogP contribution < -0.4 is 15.4 Å². The summed E-state index contributed by atoms with van der Waals surface area (Å²) in [6.45, 7) is 1.54. The minimum absolute atomic E-state index is 0.229. The summed E-state index contributed by atoms with van der Waals surface area (Å²) in [6.07, 6.45) is 0. The number of hydrogen-bond acceptors (Lipinski definition) is 4. The van der Waals surface area contributed by atoms with E-state index in [1.807, 2.05) is 60.7 Å². The molecule has 1 aliphatic heterocycles. The molecule has 1 heterocycles. The number of para-hydroxylation sites is 1. The second kappa shape index (κ2) is 8.10. The van der Waals surface area contributed by atoms with Gasteiger partial charge in [-0.1, -0.05) is 60.7 Å². The molecular weight excluding hydrogens is 394 g/mol. The number of rotatable bonds is 6. The average molecular weight is 417 g/mol. The number of nitrogens with one attached hydrogen (secondary N) is 2. The van der Waals surface area contributed by atoms with Gasteiger partial charge in [-0.3, -0.25) is 14.5 Å². The van der Waals surface area contributed by atoms with Crippen molar-refractivity contribution >= 4 is 28.6 Å². The largest absolute Gasteiger partial charge is 0.496 e. The van der Waals surface area contributed by atoms with E-state index in [0.29, 0.717) is 11.3 Å². The van der Waals surface area contributed by atoms with Crippen molar-refractivity contribution in [1.29, 1.82) is 0 Å². The Bertz CT molecular complexity index is 1170. The van der Waals surface area contributed by atoms with Crippen LogP contribution in [0.4, 0.5) is 4.79 Å². The van der Waals surface area contributed by atoms with E-state index in [1.165, 1.54) is 0 Å². The Balaban J connectivity index is 1.51. The minimum atomic E-state index is -1.25. The van der Waals surface area contributed by atoms with Crippen molar-refractivity contribution in [2.24, 2.45) is 0 Å². The van der Waals surface area contributed by atoms with Crippen LogP contribution in [0.2, 0.25) is 0 Å². The Morgan fingerprint density at radius 1 is 1.03 bits per heavy atom. The number of amides is 4. The highest BCUT2D eigenvalue weighted by molar-refractivity contribution is 6.10. The maximum Gasteiger partial charge on any atom is 0.325 e. The fraction of sp³-hybridized carbons (Fsp3) is 0.208. The van der Waals surface area contributed by atoms with Gasteiger partial charge in [0.2, 0.25) is 5.91 Å². The molecule has 7 nitrogen and oxygen atoms in total. The number of urea groups is 1. The molecule has 1 aliphatic rings. The van der Waals surface area contributed by atoms with Crippen LogP contribution in [0.1, 0.15) is 18.1 Å². The summed E-state index contributed by atoms with van der Waals surface area (Å²) in [7, 11) is 1.56. The summed E-state index contributed by atoms with van der Waals surface area (Å²) >= 11 is 0. The number of imide groups is 1.